The number of aliphatic hydroxyl groups is 1. The summed E-state index contributed by atoms with van der Waals surface area (Å²) in [6.45, 7) is 8.06. The Morgan fingerprint density at radius 2 is 1.75 bits per heavy atom. The Balaban J connectivity index is 1.37. The quantitative estimate of drug-likeness (QED) is 0.671. The Kier molecular flexibility index (Phi) is 7.57. The smallest absolute Gasteiger partial charge is 0.142 e. The lowest BCUT2D eigenvalue weighted by Crippen LogP contribution is -2.46. The minimum Gasteiger partial charge on any atom is -0.495 e. The Bertz CT molecular complexity index is 742. The lowest BCUT2D eigenvalue weighted by atomic mass is 10.1. The van der Waals surface area contributed by atoms with Crippen molar-refractivity contribution in [1.82, 2.24) is 4.90 Å². The third-order valence-corrected chi connectivity index (χ3v) is 5.32. The second-order valence-electron chi connectivity index (χ2n) is 7.33. The van der Waals surface area contributed by atoms with E-state index in [1.165, 1.54) is 5.69 Å². The number of rotatable bonds is 9. The lowest BCUT2D eigenvalue weighted by molar-refractivity contribution is 0.233. The van der Waals surface area contributed by atoms with E-state index >= 15 is 0 Å². The number of benzene rings is 2. The molecule has 5 heteroatoms. The van der Waals surface area contributed by atoms with E-state index in [0.29, 0.717) is 6.61 Å². The molecule has 1 aliphatic rings. The van der Waals surface area contributed by atoms with Gasteiger partial charge >= 0.3 is 0 Å². The fraction of sp³-hybridized carbons (Fsp3) is 0.478. The Morgan fingerprint density at radius 3 is 2.50 bits per heavy atom. The first kappa shape index (κ1) is 20.5. The molecule has 152 valence electrons. The molecule has 0 amide bonds. The summed E-state index contributed by atoms with van der Waals surface area (Å²) in [5.41, 5.74) is 3.20. The maximum atomic E-state index is 9.42. The fourth-order valence-electron chi connectivity index (χ4n) is 3.65. The van der Waals surface area contributed by atoms with Gasteiger partial charge in [-0.15, -0.1) is 0 Å². The number of para-hydroxylation sites is 2. The summed E-state index contributed by atoms with van der Waals surface area (Å²) in [4.78, 5) is 4.93. The lowest BCUT2D eigenvalue weighted by Gasteiger charge is -2.36. The Morgan fingerprint density at radius 1 is 0.964 bits per heavy atom. The zero-order valence-corrected chi connectivity index (χ0v) is 17.1. The zero-order chi connectivity index (χ0) is 19.8. The molecule has 0 unspecified atom stereocenters. The highest BCUT2D eigenvalue weighted by Crippen LogP contribution is 2.28. The van der Waals surface area contributed by atoms with Crippen LogP contribution in [0.4, 0.5) is 5.69 Å². The largest absolute Gasteiger partial charge is 0.495 e. The summed E-state index contributed by atoms with van der Waals surface area (Å²) in [5.74, 6) is 1.76. The SMILES string of the molecule is COc1ccccc1N1CCN(CCCCOc2cc(C)ccc2CO)CC1. The molecule has 2 aromatic rings. The summed E-state index contributed by atoms with van der Waals surface area (Å²) in [7, 11) is 1.73. The van der Waals surface area contributed by atoms with Crippen molar-refractivity contribution in [2.24, 2.45) is 0 Å². The maximum absolute atomic E-state index is 9.42. The van der Waals surface area contributed by atoms with Crippen molar-refractivity contribution in [3.63, 3.8) is 0 Å². The molecule has 0 bridgehead atoms. The van der Waals surface area contributed by atoms with Gasteiger partial charge in [0.2, 0.25) is 0 Å². The van der Waals surface area contributed by atoms with Crippen molar-refractivity contribution in [3.05, 3.63) is 53.6 Å². The minimum atomic E-state index is 0.0199. The molecule has 3 rings (SSSR count). The molecular weight excluding hydrogens is 352 g/mol. The molecular formula is C23H32N2O3. The van der Waals surface area contributed by atoms with Gasteiger partial charge in [0.15, 0.2) is 0 Å². The second kappa shape index (κ2) is 10.3. The molecule has 0 radical (unpaired) electrons. The highest BCUT2D eigenvalue weighted by Gasteiger charge is 2.19. The van der Waals surface area contributed by atoms with Crippen LogP contribution in [0, 0.1) is 6.92 Å². The van der Waals surface area contributed by atoms with Gasteiger partial charge in [-0.2, -0.15) is 0 Å². The van der Waals surface area contributed by atoms with Gasteiger partial charge in [0.25, 0.3) is 0 Å². The summed E-state index contributed by atoms with van der Waals surface area (Å²) in [6, 6.07) is 14.2. The monoisotopic (exact) mass is 384 g/mol. The molecule has 1 saturated heterocycles. The molecule has 1 N–H and O–H groups in total. The fourth-order valence-corrected chi connectivity index (χ4v) is 3.65. The number of hydrogen-bond donors (Lipinski definition) is 1. The van der Waals surface area contributed by atoms with E-state index < -0.39 is 0 Å². The third kappa shape index (κ3) is 5.40. The Labute approximate surface area is 168 Å². The summed E-state index contributed by atoms with van der Waals surface area (Å²) < 4.78 is 11.4. The number of hydrogen-bond acceptors (Lipinski definition) is 5. The molecule has 0 aliphatic carbocycles. The number of anilines is 1. The van der Waals surface area contributed by atoms with Gasteiger partial charge < -0.3 is 19.5 Å². The van der Waals surface area contributed by atoms with Gasteiger partial charge in [-0.3, -0.25) is 4.90 Å². The summed E-state index contributed by atoms with van der Waals surface area (Å²) >= 11 is 0. The van der Waals surface area contributed by atoms with Crippen LogP contribution in [0.25, 0.3) is 0 Å². The number of ether oxygens (including phenoxy) is 2. The third-order valence-electron chi connectivity index (χ3n) is 5.32. The summed E-state index contributed by atoms with van der Waals surface area (Å²) in [6.07, 6.45) is 2.14. The molecule has 5 nitrogen and oxygen atoms in total. The number of aryl methyl sites for hydroxylation is 1. The molecule has 28 heavy (non-hydrogen) atoms. The van der Waals surface area contributed by atoms with Crippen molar-refractivity contribution in [2.75, 3.05) is 51.3 Å². The van der Waals surface area contributed by atoms with Crippen molar-refractivity contribution in [1.29, 1.82) is 0 Å². The van der Waals surface area contributed by atoms with Crippen LogP contribution in [-0.4, -0.2) is 56.4 Å². The molecule has 1 fully saturated rings. The highest BCUT2D eigenvalue weighted by molar-refractivity contribution is 5.58. The average Bonchev–Trinajstić information content (AvgIpc) is 2.74. The molecule has 0 aromatic heterocycles. The van der Waals surface area contributed by atoms with Crippen molar-refractivity contribution >= 4 is 5.69 Å². The topological polar surface area (TPSA) is 45.2 Å². The Hall–Kier alpha value is -2.24. The van der Waals surface area contributed by atoms with Gasteiger partial charge in [-0.1, -0.05) is 24.3 Å². The van der Waals surface area contributed by atoms with Crippen molar-refractivity contribution < 1.29 is 14.6 Å². The predicted molar refractivity (Wildman–Crippen MR) is 113 cm³/mol. The average molecular weight is 385 g/mol. The van der Waals surface area contributed by atoms with E-state index in [0.717, 1.165) is 68.2 Å². The van der Waals surface area contributed by atoms with Crippen LogP contribution in [-0.2, 0) is 6.61 Å². The van der Waals surface area contributed by atoms with Gasteiger partial charge in [0, 0.05) is 31.7 Å². The number of aliphatic hydroxyl groups excluding tert-OH is 1. The second-order valence-corrected chi connectivity index (χ2v) is 7.33. The molecule has 1 aliphatic heterocycles. The molecule has 1 heterocycles. The van der Waals surface area contributed by atoms with Gasteiger partial charge in [-0.05, 0) is 50.1 Å². The zero-order valence-electron chi connectivity index (χ0n) is 17.1. The van der Waals surface area contributed by atoms with E-state index in [9.17, 15) is 5.11 Å². The van der Waals surface area contributed by atoms with Gasteiger partial charge in [-0.25, -0.2) is 0 Å². The van der Waals surface area contributed by atoms with Crippen LogP contribution >= 0.6 is 0 Å². The first-order valence-electron chi connectivity index (χ1n) is 10.1. The standard InChI is InChI=1S/C23H32N2O3/c1-19-9-10-20(18-26)23(17-19)28-16-6-5-11-24-12-14-25(15-13-24)21-7-3-4-8-22(21)27-2/h3-4,7-10,17,26H,5-6,11-16,18H2,1-2H3. The maximum Gasteiger partial charge on any atom is 0.142 e. The minimum absolute atomic E-state index is 0.0199. The van der Waals surface area contributed by atoms with Crippen LogP contribution in [0.15, 0.2) is 42.5 Å². The van der Waals surface area contributed by atoms with Crippen LogP contribution in [0.3, 0.4) is 0 Å². The molecule has 0 spiro atoms. The molecule has 0 atom stereocenters. The van der Waals surface area contributed by atoms with Crippen LogP contribution in [0.5, 0.6) is 11.5 Å². The van der Waals surface area contributed by atoms with E-state index in [4.69, 9.17) is 9.47 Å². The van der Waals surface area contributed by atoms with E-state index in [1.54, 1.807) is 7.11 Å². The van der Waals surface area contributed by atoms with Crippen LogP contribution in [0.1, 0.15) is 24.0 Å². The molecule has 0 saturated carbocycles. The van der Waals surface area contributed by atoms with Crippen LogP contribution in [0.2, 0.25) is 0 Å². The van der Waals surface area contributed by atoms with Crippen molar-refractivity contribution in [2.45, 2.75) is 26.4 Å². The van der Waals surface area contributed by atoms with Gasteiger partial charge in [0.05, 0.1) is 26.0 Å². The van der Waals surface area contributed by atoms with Gasteiger partial charge in [0.1, 0.15) is 11.5 Å². The van der Waals surface area contributed by atoms with E-state index in [2.05, 4.69) is 21.9 Å². The predicted octanol–water partition coefficient (Wildman–Crippen LogP) is 3.48. The summed E-state index contributed by atoms with van der Waals surface area (Å²) in [5, 5.41) is 9.42. The highest BCUT2D eigenvalue weighted by atomic mass is 16.5. The number of nitrogens with zero attached hydrogens (tertiary/aromatic N) is 2. The normalized spacial score (nSPS) is 14.9. The van der Waals surface area contributed by atoms with E-state index in [-0.39, 0.29) is 6.61 Å². The van der Waals surface area contributed by atoms with Crippen molar-refractivity contribution in [3.8, 4) is 11.5 Å². The first-order chi connectivity index (χ1) is 13.7. The number of piperazine rings is 1. The van der Waals surface area contributed by atoms with E-state index in [1.807, 2.05) is 37.3 Å². The number of methoxy groups -OCH3 is 1. The molecule has 2 aromatic carbocycles. The first-order valence-corrected chi connectivity index (χ1v) is 10.1. The number of unbranched alkanes of at least 4 members (excludes halogenated alkanes) is 1. The van der Waals surface area contributed by atoms with Crippen LogP contribution < -0.4 is 14.4 Å².